The standard InChI is InChI=1S/C20H22ClN3OS2/c1-2-3-12-25-18-9-7-16(8-10-18)23-20-24(11-13-27-20)19(26)22-17-6-4-5-15(21)14-17/h4-10,14H,2-3,11-13H2,1H3,(H,22,26)/b23-20+. The van der Waals surface area contributed by atoms with E-state index >= 15 is 0 Å². The van der Waals surface area contributed by atoms with Gasteiger partial charge in [0.2, 0.25) is 0 Å². The van der Waals surface area contributed by atoms with E-state index in [0.29, 0.717) is 10.1 Å². The molecule has 0 radical (unpaired) electrons. The highest BCUT2D eigenvalue weighted by atomic mass is 35.5. The number of amidine groups is 1. The van der Waals surface area contributed by atoms with E-state index in [-0.39, 0.29) is 0 Å². The van der Waals surface area contributed by atoms with Crippen LogP contribution in [0.25, 0.3) is 0 Å². The number of hydrogen-bond donors (Lipinski definition) is 1. The van der Waals surface area contributed by atoms with Gasteiger partial charge < -0.3 is 10.1 Å². The average molecular weight is 420 g/mol. The van der Waals surface area contributed by atoms with Gasteiger partial charge in [0.1, 0.15) is 5.75 Å². The first-order chi connectivity index (χ1) is 13.2. The second-order valence-corrected chi connectivity index (χ2v) is 7.92. The summed E-state index contributed by atoms with van der Waals surface area (Å²) in [5.41, 5.74) is 1.76. The lowest BCUT2D eigenvalue weighted by Gasteiger charge is -2.20. The van der Waals surface area contributed by atoms with Crippen LogP contribution >= 0.6 is 35.6 Å². The number of thiocarbonyl (C=S) groups is 1. The van der Waals surface area contributed by atoms with Crippen LogP contribution in [0.1, 0.15) is 19.8 Å². The van der Waals surface area contributed by atoms with Crippen LogP contribution in [0.2, 0.25) is 5.02 Å². The van der Waals surface area contributed by atoms with Gasteiger partial charge in [-0.3, -0.25) is 4.90 Å². The molecule has 27 heavy (non-hydrogen) atoms. The Hall–Kier alpha value is -1.76. The predicted octanol–water partition coefficient (Wildman–Crippen LogP) is 5.95. The fourth-order valence-electron chi connectivity index (χ4n) is 2.50. The first kappa shape index (κ1) is 20.0. The number of halogens is 1. The molecular weight excluding hydrogens is 398 g/mol. The molecule has 0 unspecified atom stereocenters. The molecule has 2 aromatic rings. The van der Waals surface area contributed by atoms with E-state index in [1.165, 1.54) is 0 Å². The van der Waals surface area contributed by atoms with Crippen molar-refractivity contribution in [2.75, 3.05) is 24.2 Å². The molecule has 142 valence electrons. The van der Waals surface area contributed by atoms with Crippen molar-refractivity contribution in [2.45, 2.75) is 19.8 Å². The van der Waals surface area contributed by atoms with Crippen molar-refractivity contribution in [2.24, 2.45) is 4.99 Å². The molecule has 0 bridgehead atoms. The summed E-state index contributed by atoms with van der Waals surface area (Å²) < 4.78 is 5.70. The van der Waals surface area contributed by atoms with Crippen molar-refractivity contribution in [1.82, 2.24) is 4.90 Å². The van der Waals surface area contributed by atoms with Crippen LogP contribution in [0, 0.1) is 0 Å². The van der Waals surface area contributed by atoms with Gasteiger partial charge in [0.05, 0.1) is 12.3 Å². The first-order valence-electron chi connectivity index (χ1n) is 8.94. The first-order valence-corrected chi connectivity index (χ1v) is 10.7. The normalized spacial score (nSPS) is 15.2. The molecular formula is C20H22ClN3OS2. The lowest BCUT2D eigenvalue weighted by Crippen LogP contribution is -2.35. The molecule has 0 aromatic heterocycles. The van der Waals surface area contributed by atoms with Crippen LogP contribution in [0.5, 0.6) is 5.75 Å². The van der Waals surface area contributed by atoms with Crippen LogP contribution in [-0.4, -0.2) is 34.1 Å². The molecule has 0 spiro atoms. The van der Waals surface area contributed by atoms with E-state index < -0.39 is 0 Å². The minimum Gasteiger partial charge on any atom is -0.494 e. The monoisotopic (exact) mass is 419 g/mol. The largest absolute Gasteiger partial charge is 0.494 e. The molecule has 1 aliphatic rings. The fraction of sp³-hybridized carbons (Fsp3) is 0.300. The molecule has 4 nitrogen and oxygen atoms in total. The van der Waals surface area contributed by atoms with Crippen LogP contribution in [0.4, 0.5) is 11.4 Å². The topological polar surface area (TPSA) is 36.9 Å². The third-order valence-electron chi connectivity index (χ3n) is 3.93. The van der Waals surface area contributed by atoms with Gasteiger partial charge in [-0.05, 0) is 61.1 Å². The van der Waals surface area contributed by atoms with Gasteiger partial charge in [-0.15, -0.1) is 0 Å². The molecule has 3 rings (SSSR count). The summed E-state index contributed by atoms with van der Waals surface area (Å²) in [4.78, 5) is 6.77. The smallest absolute Gasteiger partial charge is 0.179 e. The molecule has 7 heteroatoms. The third-order valence-corrected chi connectivity index (χ3v) is 5.44. The Balaban J connectivity index is 1.65. The SMILES string of the molecule is CCCCOc1ccc(/N=C2/SCCN2C(=S)Nc2cccc(Cl)c2)cc1. The zero-order chi connectivity index (χ0) is 19.1. The highest BCUT2D eigenvalue weighted by molar-refractivity contribution is 8.14. The molecule has 1 saturated heterocycles. The van der Waals surface area contributed by atoms with Crippen molar-refractivity contribution < 1.29 is 4.74 Å². The van der Waals surface area contributed by atoms with Crippen LogP contribution in [0.3, 0.4) is 0 Å². The second kappa shape index (κ2) is 9.97. The van der Waals surface area contributed by atoms with E-state index in [9.17, 15) is 0 Å². The molecule has 1 heterocycles. The highest BCUT2D eigenvalue weighted by Crippen LogP contribution is 2.25. The van der Waals surface area contributed by atoms with Gasteiger partial charge in [-0.2, -0.15) is 0 Å². The number of nitrogens with one attached hydrogen (secondary N) is 1. The van der Waals surface area contributed by atoms with Crippen LogP contribution < -0.4 is 10.1 Å². The van der Waals surface area contributed by atoms with E-state index in [2.05, 4.69) is 12.2 Å². The Morgan fingerprint density at radius 3 is 2.85 bits per heavy atom. The number of anilines is 1. The zero-order valence-electron chi connectivity index (χ0n) is 15.2. The number of hydrogen-bond acceptors (Lipinski definition) is 4. The molecule has 1 fully saturated rings. The Bertz CT molecular complexity index is 811. The number of rotatable bonds is 6. The minimum atomic E-state index is 0.625. The van der Waals surface area contributed by atoms with Gasteiger partial charge in [-0.25, -0.2) is 4.99 Å². The predicted molar refractivity (Wildman–Crippen MR) is 121 cm³/mol. The maximum atomic E-state index is 6.04. The number of thioether (sulfide) groups is 1. The van der Waals surface area contributed by atoms with E-state index in [4.69, 9.17) is 33.5 Å². The summed E-state index contributed by atoms with van der Waals surface area (Å²) in [5, 5.41) is 5.43. The minimum absolute atomic E-state index is 0.625. The summed E-state index contributed by atoms with van der Waals surface area (Å²) in [6, 6.07) is 15.4. The fourth-order valence-corrected chi connectivity index (χ4v) is 4.01. The van der Waals surface area contributed by atoms with Crippen molar-refractivity contribution in [1.29, 1.82) is 0 Å². The Kier molecular flexibility index (Phi) is 7.38. The molecule has 0 aliphatic carbocycles. The lowest BCUT2D eigenvalue weighted by molar-refractivity contribution is 0.309. The number of unbranched alkanes of at least 4 members (excludes halogenated alkanes) is 1. The molecule has 0 atom stereocenters. The van der Waals surface area contributed by atoms with Crippen molar-refractivity contribution in [3.8, 4) is 5.75 Å². The summed E-state index contributed by atoms with van der Waals surface area (Å²) in [6.07, 6.45) is 2.19. The zero-order valence-corrected chi connectivity index (χ0v) is 17.5. The third kappa shape index (κ3) is 5.86. The maximum absolute atomic E-state index is 6.04. The van der Waals surface area contributed by atoms with Crippen molar-refractivity contribution in [3.05, 3.63) is 53.6 Å². The molecule has 2 aromatic carbocycles. The van der Waals surface area contributed by atoms with Crippen molar-refractivity contribution in [3.63, 3.8) is 0 Å². The number of benzene rings is 2. The lowest BCUT2D eigenvalue weighted by atomic mass is 10.3. The number of ether oxygens (including phenoxy) is 1. The Morgan fingerprint density at radius 2 is 2.11 bits per heavy atom. The van der Waals surface area contributed by atoms with Gasteiger partial charge >= 0.3 is 0 Å². The van der Waals surface area contributed by atoms with Crippen LogP contribution in [-0.2, 0) is 0 Å². The van der Waals surface area contributed by atoms with Gasteiger partial charge in [-0.1, -0.05) is 42.8 Å². The van der Waals surface area contributed by atoms with Gasteiger partial charge in [0.25, 0.3) is 0 Å². The van der Waals surface area contributed by atoms with E-state index in [1.54, 1.807) is 11.8 Å². The summed E-state index contributed by atoms with van der Waals surface area (Å²) >= 11 is 13.3. The van der Waals surface area contributed by atoms with Crippen LogP contribution in [0.15, 0.2) is 53.5 Å². The number of nitrogens with zero attached hydrogens (tertiary/aromatic N) is 2. The Morgan fingerprint density at radius 1 is 1.30 bits per heavy atom. The van der Waals surface area contributed by atoms with Gasteiger partial charge in [0.15, 0.2) is 10.3 Å². The van der Waals surface area contributed by atoms with Gasteiger partial charge in [0, 0.05) is 23.0 Å². The summed E-state index contributed by atoms with van der Waals surface area (Å²) in [6.45, 7) is 3.73. The highest BCUT2D eigenvalue weighted by Gasteiger charge is 2.23. The maximum Gasteiger partial charge on any atom is 0.179 e. The van der Waals surface area contributed by atoms with E-state index in [0.717, 1.165) is 54.0 Å². The molecule has 0 amide bonds. The Labute approximate surface area is 175 Å². The molecule has 0 saturated carbocycles. The average Bonchev–Trinajstić information content (AvgIpc) is 3.12. The second-order valence-electron chi connectivity index (χ2n) is 6.03. The molecule has 1 aliphatic heterocycles. The number of aliphatic imine (C=N–C) groups is 1. The van der Waals surface area contributed by atoms with E-state index in [1.807, 2.05) is 53.4 Å². The molecule has 1 N–H and O–H groups in total. The quantitative estimate of drug-likeness (QED) is 0.462. The summed E-state index contributed by atoms with van der Waals surface area (Å²) in [5.74, 6) is 1.83. The summed E-state index contributed by atoms with van der Waals surface area (Å²) in [7, 11) is 0. The van der Waals surface area contributed by atoms with Crippen molar-refractivity contribution >= 4 is 57.2 Å².